The molecule has 6 heteroatoms. The molecule has 0 aromatic carbocycles. The van der Waals surface area contributed by atoms with E-state index in [9.17, 15) is 4.79 Å². The Bertz CT molecular complexity index is 382. The van der Waals surface area contributed by atoms with Crippen LogP contribution in [0.25, 0.3) is 0 Å². The molecule has 1 aromatic heterocycles. The quantitative estimate of drug-likeness (QED) is 0.800. The van der Waals surface area contributed by atoms with E-state index in [2.05, 4.69) is 15.4 Å². The summed E-state index contributed by atoms with van der Waals surface area (Å²) in [6, 6.07) is 0. The Labute approximate surface area is 94.0 Å². The lowest BCUT2D eigenvalue weighted by Crippen LogP contribution is -2.28. The first-order chi connectivity index (χ1) is 7.56. The van der Waals surface area contributed by atoms with Crippen molar-refractivity contribution in [3.8, 4) is 0 Å². The maximum absolute atomic E-state index is 11.8. The fourth-order valence-corrected chi connectivity index (χ4v) is 1.70. The second-order valence-corrected chi connectivity index (χ2v) is 4.11. The van der Waals surface area contributed by atoms with Crippen LogP contribution in [0.3, 0.4) is 0 Å². The Kier molecular flexibility index (Phi) is 2.91. The molecule has 0 spiro atoms. The van der Waals surface area contributed by atoms with Crippen molar-refractivity contribution in [3.63, 3.8) is 0 Å². The van der Waals surface area contributed by atoms with Gasteiger partial charge in [0.25, 0.3) is 5.91 Å². The van der Waals surface area contributed by atoms with Crippen molar-refractivity contribution >= 4 is 11.9 Å². The van der Waals surface area contributed by atoms with E-state index in [-0.39, 0.29) is 18.1 Å². The van der Waals surface area contributed by atoms with Crippen LogP contribution in [0, 0.1) is 6.92 Å². The number of rotatable bonds is 2. The molecule has 0 saturated carbocycles. The molecule has 2 atom stereocenters. The summed E-state index contributed by atoms with van der Waals surface area (Å²) in [6.07, 6.45) is 1.49. The molecule has 16 heavy (non-hydrogen) atoms. The van der Waals surface area contributed by atoms with Gasteiger partial charge < -0.3 is 4.74 Å². The molecule has 0 radical (unpaired) electrons. The summed E-state index contributed by atoms with van der Waals surface area (Å²) >= 11 is 0. The van der Waals surface area contributed by atoms with Gasteiger partial charge in [-0.15, -0.1) is 5.10 Å². The lowest BCUT2D eigenvalue weighted by molar-refractivity contribution is -0.126. The number of carbonyl (C=O) groups is 1. The molecule has 1 fully saturated rings. The van der Waals surface area contributed by atoms with Gasteiger partial charge in [0, 0.05) is 7.05 Å². The smallest absolute Gasteiger partial charge is 0.255 e. The number of carbonyl (C=O) groups excluding carboxylic acids is 1. The highest BCUT2D eigenvalue weighted by atomic mass is 16.5. The maximum Gasteiger partial charge on any atom is 0.255 e. The number of amides is 1. The summed E-state index contributed by atoms with van der Waals surface area (Å²) in [5, 5.41) is 6.72. The first-order valence-corrected chi connectivity index (χ1v) is 5.40. The van der Waals surface area contributed by atoms with Gasteiger partial charge in [-0.25, -0.2) is 0 Å². The third-order valence-electron chi connectivity index (χ3n) is 2.74. The van der Waals surface area contributed by atoms with Crippen molar-refractivity contribution in [2.45, 2.75) is 38.9 Å². The SMILES string of the molecule is Cc1nc(NC(=O)C2CCC(C)O2)nn1C. The van der Waals surface area contributed by atoms with Gasteiger partial charge in [0.2, 0.25) is 5.95 Å². The Balaban J connectivity index is 1.97. The number of nitrogens with one attached hydrogen (secondary N) is 1. The van der Waals surface area contributed by atoms with Crippen LogP contribution >= 0.6 is 0 Å². The van der Waals surface area contributed by atoms with E-state index in [1.165, 1.54) is 0 Å². The fourth-order valence-electron chi connectivity index (χ4n) is 1.70. The Morgan fingerprint density at radius 3 is 2.81 bits per heavy atom. The Morgan fingerprint density at radius 1 is 1.56 bits per heavy atom. The molecular formula is C10H16N4O2. The summed E-state index contributed by atoms with van der Waals surface area (Å²) in [5.41, 5.74) is 0. The van der Waals surface area contributed by atoms with Crippen LogP contribution in [0.5, 0.6) is 0 Å². The average Bonchev–Trinajstić information content (AvgIpc) is 2.75. The number of anilines is 1. The number of hydrogen-bond donors (Lipinski definition) is 1. The predicted molar refractivity (Wildman–Crippen MR) is 57.9 cm³/mol. The molecule has 2 rings (SSSR count). The summed E-state index contributed by atoms with van der Waals surface area (Å²) < 4.78 is 7.08. The van der Waals surface area contributed by atoms with E-state index in [0.717, 1.165) is 18.7 Å². The summed E-state index contributed by atoms with van der Waals surface area (Å²) in [4.78, 5) is 15.9. The van der Waals surface area contributed by atoms with Crippen molar-refractivity contribution in [3.05, 3.63) is 5.82 Å². The molecule has 2 unspecified atom stereocenters. The predicted octanol–water partition coefficient (Wildman–Crippen LogP) is 0.630. The number of nitrogens with zero attached hydrogens (tertiary/aromatic N) is 3. The summed E-state index contributed by atoms with van der Waals surface area (Å²) in [5.74, 6) is 0.944. The highest BCUT2D eigenvalue weighted by molar-refractivity contribution is 5.92. The van der Waals surface area contributed by atoms with Crippen LogP contribution in [-0.2, 0) is 16.6 Å². The third kappa shape index (κ3) is 2.21. The zero-order valence-electron chi connectivity index (χ0n) is 9.73. The van der Waals surface area contributed by atoms with Gasteiger partial charge in [-0.05, 0) is 26.7 Å². The third-order valence-corrected chi connectivity index (χ3v) is 2.74. The summed E-state index contributed by atoms with van der Waals surface area (Å²) in [7, 11) is 1.78. The molecule has 6 nitrogen and oxygen atoms in total. The monoisotopic (exact) mass is 224 g/mol. The first-order valence-electron chi connectivity index (χ1n) is 5.40. The lowest BCUT2D eigenvalue weighted by atomic mass is 10.2. The zero-order chi connectivity index (χ0) is 11.7. The van der Waals surface area contributed by atoms with E-state index in [1.54, 1.807) is 11.7 Å². The minimum absolute atomic E-state index is 0.157. The van der Waals surface area contributed by atoms with Gasteiger partial charge in [-0.1, -0.05) is 0 Å². The van der Waals surface area contributed by atoms with Gasteiger partial charge in [0.15, 0.2) is 0 Å². The van der Waals surface area contributed by atoms with Crippen LogP contribution in [0.2, 0.25) is 0 Å². The zero-order valence-corrected chi connectivity index (χ0v) is 9.73. The lowest BCUT2D eigenvalue weighted by Gasteiger charge is -2.09. The van der Waals surface area contributed by atoms with Gasteiger partial charge in [-0.2, -0.15) is 4.98 Å². The van der Waals surface area contributed by atoms with Gasteiger partial charge in [-0.3, -0.25) is 14.8 Å². The maximum atomic E-state index is 11.8. The van der Waals surface area contributed by atoms with E-state index < -0.39 is 0 Å². The average molecular weight is 224 g/mol. The molecule has 1 N–H and O–H groups in total. The highest BCUT2D eigenvalue weighted by Crippen LogP contribution is 2.19. The second-order valence-electron chi connectivity index (χ2n) is 4.11. The molecule has 88 valence electrons. The summed E-state index contributed by atoms with van der Waals surface area (Å²) in [6.45, 7) is 3.80. The minimum atomic E-state index is -0.362. The molecule has 0 aliphatic carbocycles. The van der Waals surface area contributed by atoms with E-state index in [4.69, 9.17) is 4.74 Å². The molecule has 1 amide bonds. The van der Waals surface area contributed by atoms with Crippen molar-refractivity contribution in [2.24, 2.45) is 7.05 Å². The van der Waals surface area contributed by atoms with Gasteiger partial charge in [0.05, 0.1) is 6.10 Å². The molecule has 1 aliphatic rings. The number of aryl methyl sites for hydroxylation is 2. The molecule has 1 saturated heterocycles. The van der Waals surface area contributed by atoms with E-state index in [1.807, 2.05) is 13.8 Å². The Hall–Kier alpha value is -1.43. The van der Waals surface area contributed by atoms with Crippen molar-refractivity contribution in [1.29, 1.82) is 0 Å². The van der Waals surface area contributed by atoms with Crippen molar-refractivity contribution in [1.82, 2.24) is 14.8 Å². The van der Waals surface area contributed by atoms with Gasteiger partial charge >= 0.3 is 0 Å². The minimum Gasteiger partial charge on any atom is -0.365 e. The molecule has 1 aliphatic heterocycles. The van der Waals surface area contributed by atoms with Crippen LogP contribution in [0.1, 0.15) is 25.6 Å². The normalized spacial score (nSPS) is 24.7. The van der Waals surface area contributed by atoms with Crippen LogP contribution in [0.4, 0.5) is 5.95 Å². The fraction of sp³-hybridized carbons (Fsp3) is 0.700. The molecule has 0 bridgehead atoms. The molecular weight excluding hydrogens is 208 g/mol. The van der Waals surface area contributed by atoms with Gasteiger partial charge in [0.1, 0.15) is 11.9 Å². The van der Waals surface area contributed by atoms with Crippen LogP contribution in [-0.4, -0.2) is 32.9 Å². The number of aromatic nitrogens is 3. The number of hydrogen-bond acceptors (Lipinski definition) is 4. The van der Waals surface area contributed by atoms with Crippen LogP contribution < -0.4 is 5.32 Å². The topological polar surface area (TPSA) is 69.0 Å². The standard InChI is InChI=1S/C10H16N4O2/c1-6-4-5-8(16-6)9(15)12-10-11-7(2)14(3)13-10/h6,8H,4-5H2,1-3H3,(H,12,13,15). The number of ether oxygens (including phenoxy) is 1. The largest absolute Gasteiger partial charge is 0.365 e. The van der Waals surface area contributed by atoms with E-state index in [0.29, 0.717) is 5.95 Å². The Morgan fingerprint density at radius 2 is 2.31 bits per heavy atom. The highest BCUT2D eigenvalue weighted by Gasteiger charge is 2.28. The second kappa shape index (κ2) is 4.21. The van der Waals surface area contributed by atoms with Crippen molar-refractivity contribution in [2.75, 3.05) is 5.32 Å². The first kappa shape index (κ1) is 11.1. The molecule has 1 aromatic rings. The van der Waals surface area contributed by atoms with Crippen LogP contribution in [0.15, 0.2) is 0 Å². The molecule has 2 heterocycles. The van der Waals surface area contributed by atoms with E-state index >= 15 is 0 Å². The van der Waals surface area contributed by atoms with Crippen molar-refractivity contribution < 1.29 is 9.53 Å².